The van der Waals surface area contributed by atoms with Crippen molar-refractivity contribution in [3.8, 4) is 5.75 Å². The van der Waals surface area contributed by atoms with Crippen LogP contribution in [0.25, 0.3) is 0 Å². The highest BCUT2D eigenvalue weighted by molar-refractivity contribution is 5.90. The average Bonchev–Trinajstić information content (AvgIpc) is 2.61. The third-order valence-electron chi connectivity index (χ3n) is 4.24. The highest BCUT2D eigenvalue weighted by Crippen LogP contribution is 2.19. The number of phenols is 1. The second-order valence-electron chi connectivity index (χ2n) is 6.27. The van der Waals surface area contributed by atoms with E-state index in [1.165, 1.54) is 12.1 Å². The van der Waals surface area contributed by atoms with Gasteiger partial charge in [0.2, 0.25) is 5.91 Å². The fourth-order valence-corrected chi connectivity index (χ4v) is 2.61. The number of nitrogens with zero attached hydrogens (tertiary/aromatic N) is 1. The number of benzene rings is 2. The number of hydrogen-bond acceptors (Lipinski definition) is 4. The summed E-state index contributed by atoms with van der Waals surface area (Å²) in [5.74, 6) is -0.458. The first-order valence-corrected chi connectivity index (χ1v) is 8.64. The van der Waals surface area contributed by atoms with Crippen LogP contribution in [0.5, 0.6) is 5.75 Å². The number of aliphatic hydroxyl groups excluding tert-OH is 1. The topological polar surface area (TPSA) is 72.8 Å². The standard InChI is InChI=1S/C20H25FN2O3/c1-3-23(13-19(25)15-5-4-6-17(24)11-15)10-9-20(26)22-16-8-7-14(2)18(21)12-16/h4-8,11-12,19,24-25H,3,9-10,13H2,1-2H3,(H,22,26)/t19-/m0/s1. The van der Waals surface area contributed by atoms with E-state index in [9.17, 15) is 19.4 Å². The van der Waals surface area contributed by atoms with E-state index in [0.717, 1.165) is 0 Å². The molecule has 5 nitrogen and oxygen atoms in total. The number of halogens is 1. The van der Waals surface area contributed by atoms with Crippen LogP contribution in [0.15, 0.2) is 42.5 Å². The van der Waals surface area contributed by atoms with Gasteiger partial charge in [0.05, 0.1) is 6.10 Å². The fourth-order valence-electron chi connectivity index (χ4n) is 2.61. The lowest BCUT2D eigenvalue weighted by molar-refractivity contribution is -0.116. The number of aliphatic hydroxyl groups is 1. The van der Waals surface area contributed by atoms with Crippen molar-refractivity contribution < 1.29 is 19.4 Å². The molecule has 1 amide bonds. The first kappa shape index (κ1) is 19.9. The summed E-state index contributed by atoms with van der Waals surface area (Å²) in [5.41, 5.74) is 1.59. The van der Waals surface area contributed by atoms with Crippen molar-refractivity contribution in [3.05, 3.63) is 59.4 Å². The van der Waals surface area contributed by atoms with E-state index in [2.05, 4.69) is 5.32 Å². The predicted octanol–water partition coefficient (Wildman–Crippen LogP) is 3.22. The fraction of sp³-hybridized carbons (Fsp3) is 0.350. The minimum atomic E-state index is -0.753. The van der Waals surface area contributed by atoms with E-state index in [0.29, 0.717) is 36.4 Å². The van der Waals surface area contributed by atoms with Crippen LogP contribution in [-0.2, 0) is 4.79 Å². The van der Waals surface area contributed by atoms with Crippen LogP contribution in [0, 0.1) is 12.7 Å². The van der Waals surface area contributed by atoms with Crippen molar-refractivity contribution in [1.29, 1.82) is 0 Å². The van der Waals surface area contributed by atoms with Crippen LogP contribution in [0.4, 0.5) is 10.1 Å². The molecule has 0 heterocycles. The molecule has 0 aromatic heterocycles. The molecular formula is C20H25FN2O3. The Labute approximate surface area is 153 Å². The molecule has 0 unspecified atom stereocenters. The van der Waals surface area contributed by atoms with Crippen molar-refractivity contribution in [2.75, 3.05) is 25.0 Å². The van der Waals surface area contributed by atoms with E-state index in [4.69, 9.17) is 0 Å². The van der Waals surface area contributed by atoms with Gasteiger partial charge in [-0.25, -0.2) is 4.39 Å². The first-order valence-electron chi connectivity index (χ1n) is 8.64. The third-order valence-corrected chi connectivity index (χ3v) is 4.24. The zero-order valence-corrected chi connectivity index (χ0v) is 15.1. The molecule has 0 saturated carbocycles. The smallest absolute Gasteiger partial charge is 0.225 e. The van der Waals surface area contributed by atoms with Crippen molar-refractivity contribution in [2.24, 2.45) is 0 Å². The predicted molar refractivity (Wildman–Crippen MR) is 99.6 cm³/mol. The van der Waals surface area contributed by atoms with Crippen molar-refractivity contribution in [3.63, 3.8) is 0 Å². The number of nitrogens with one attached hydrogen (secondary N) is 1. The van der Waals surface area contributed by atoms with Crippen LogP contribution < -0.4 is 5.32 Å². The number of anilines is 1. The van der Waals surface area contributed by atoms with Crippen molar-refractivity contribution in [2.45, 2.75) is 26.4 Å². The van der Waals surface area contributed by atoms with E-state index in [1.54, 1.807) is 37.3 Å². The Bertz CT molecular complexity index is 752. The summed E-state index contributed by atoms with van der Waals surface area (Å²) in [6.45, 7) is 5.10. The number of aromatic hydroxyl groups is 1. The summed E-state index contributed by atoms with van der Waals surface area (Å²) in [6.07, 6.45) is -0.521. The molecule has 2 aromatic carbocycles. The number of likely N-dealkylation sites (N-methyl/N-ethyl adjacent to an activating group) is 1. The maximum atomic E-state index is 13.5. The number of amides is 1. The molecule has 0 fully saturated rings. The molecule has 3 N–H and O–H groups in total. The van der Waals surface area contributed by atoms with Crippen molar-refractivity contribution in [1.82, 2.24) is 4.90 Å². The summed E-state index contributed by atoms with van der Waals surface area (Å²) < 4.78 is 13.5. The van der Waals surface area contributed by atoms with Gasteiger partial charge >= 0.3 is 0 Å². The van der Waals surface area contributed by atoms with Gasteiger partial charge in [0, 0.05) is 25.2 Å². The lowest BCUT2D eigenvalue weighted by Crippen LogP contribution is -2.31. The van der Waals surface area contributed by atoms with Gasteiger partial charge in [-0.05, 0) is 48.9 Å². The first-order chi connectivity index (χ1) is 12.4. The van der Waals surface area contributed by atoms with Crippen LogP contribution in [0.2, 0.25) is 0 Å². The molecule has 0 bridgehead atoms. The minimum Gasteiger partial charge on any atom is -0.508 e. The molecule has 0 aliphatic rings. The van der Waals surface area contributed by atoms with E-state index < -0.39 is 6.10 Å². The van der Waals surface area contributed by atoms with Crippen LogP contribution in [-0.4, -0.2) is 40.7 Å². The third kappa shape index (κ3) is 5.82. The van der Waals surface area contributed by atoms with Gasteiger partial charge in [0.25, 0.3) is 0 Å². The van der Waals surface area contributed by atoms with Gasteiger partial charge in [0.15, 0.2) is 0 Å². The van der Waals surface area contributed by atoms with E-state index in [1.807, 2.05) is 11.8 Å². The molecule has 0 saturated heterocycles. The molecule has 2 aromatic rings. The monoisotopic (exact) mass is 360 g/mol. The molecule has 26 heavy (non-hydrogen) atoms. The maximum Gasteiger partial charge on any atom is 0.225 e. The van der Waals surface area contributed by atoms with Crippen LogP contribution in [0.1, 0.15) is 30.6 Å². The second-order valence-corrected chi connectivity index (χ2v) is 6.27. The molecule has 2 rings (SSSR count). The zero-order valence-electron chi connectivity index (χ0n) is 15.1. The Morgan fingerprint density at radius 2 is 2.04 bits per heavy atom. The molecule has 140 valence electrons. The Morgan fingerprint density at radius 3 is 2.69 bits per heavy atom. The van der Waals surface area contributed by atoms with Gasteiger partial charge in [-0.1, -0.05) is 25.1 Å². The summed E-state index contributed by atoms with van der Waals surface area (Å²) >= 11 is 0. The molecule has 0 spiro atoms. The number of rotatable bonds is 8. The Morgan fingerprint density at radius 1 is 1.27 bits per heavy atom. The number of hydrogen-bond donors (Lipinski definition) is 3. The Kier molecular flexibility index (Phi) is 7.12. The van der Waals surface area contributed by atoms with Gasteiger partial charge < -0.3 is 20.4 Å². The number of carbonyl (C=O) groups excluding carboxylic acids is 1. The Hall–Kier alpha value is -2.44. The second kappa shape index (κ2) is 9.31. The molecule has 1 atom stereocenters. The van der Waals surface area contributed by atoms with Gasteiger partial charge in [-0.3, -0.25) is 4.79 Å². The molecule has 6 heteroatoms. The lowest BCUT2D eigenvalue weighted by atomic mass is 10.1. The van der Waals surface area contributed by atoms with Gasteiger partial charge in [0.1, 0.15) is 11.6 Å². The number of phenolic OH excluding ortho intramolecular Hbond substituents is 1. The number of carbonyl (C=O) groups is 1. The van der Waals surface area contributed by atoms with Gasteiger partial charge in [-0.15, -0.1) is 0 Å². The Balaban J connectivity index is 1.85. The lowest BCUT2D eigenvalue weighted by Gasteiger charge is -2.23. The summed E-state index contributed by atoms with van der Waals surface area (Å²) in [7, 11) is 0. The average molecular weight is 360 g/mol. The molecule has 0 aliphatic heterocycles. The molecule has 0 aliphatic carbocycles. The summed E-state index contributed by atoms with van der Waals surface area (Å²) in [5, 5.41) is 22.5. The molecule has 0 radical (unpaired) electrons. The van der Waals surface area contributed by atoms with E-state index in [-0.39, 0.29) is 23.9 Å². The molecular weight excluding hydrogens is 335 g/mol. The minimum absolute atomic E-state index is 0.106. The van der Waals surface area contributed by atoms with Crippen molar-refractivity contribution >= 4 is 11.6 Å². The van der Waals surface area contributed by atoms with Gasteiger partial charge in [-0.2, -0.15) is 0 Å². The SMILES string of the molecule is CCN(CCC(=O)Nc1ccc(C)c(F)c1)C[C@H](O)c1cccc(O)c1. The van der Waals surface area contributed by atoms with Crippen LogP contribution in [0.3, 0.4) is 0 Å². The van der Waals surface area contributed by atoms with E-state index >= 15 is 0 Å². The summed E-state index contributed by atoms with van der Waals surface area (Å²) in [4.78, 5) is 14.0. The maximum absolute atomic E-state index is 13.5. The number of aryl methyl sites for hydroxylation is 1. The normalized spacial score (nSPS) is 12.2. The highest BCUT2D eigenvalue weighted by atomic mass is 19.1. The quantitative estimate of drug-likeness (QED) is 0.676. The summed E-state index contributed by atoms with van der Waals surface area (Å²) in [6, 6.07) is 11.1. The highest BCUT2D eigenvalue weighted by Gasteiger charge is 2.14. The van der Waals surface area contributed by atoms with Crippen LogP contribution >= 0.6 is 0 Å². The largest absolute Gasteiger partial charge is 0.508 e. The zero-order chi connectivity index (χ0) is 19.1.